The summed E-state index contributed by atoms with van der Waals surface area (Å²) in [5.74, 6) is -0.115. The molecule has 2 N–H and O–H groups in total. The van der Waals surface area contributed by atoms with Gasteiger partial charge in [0, 0.05) is 6.07 Å². The molecule has 3 aromatic rings. The van der Waals surface area contributed by atoms with Crippen LogP contribution in [0.5, 0.6) is 0 Å². The van der Waals surface area contributed by atoms with E-state index < -0.39 is 5.82 Å². The fraction of sp³-hybridized carbons (Fsp3) is 0. The summed E-state index contributed by atoms with van der Waals surface area (Å²) in [6.45, 7) is 0. The summed E-state index contributed by atoms with van der Waals surface area (Å²) in [6, 6.07) is 10.0. The normalized spacial score (nSPS) is 10.8. The average Bonchev–Trinajstić information content (AvgIpc) is 2.99. The minimum atomic E-state index is -0.458. The third-order valence-electron chi connectivity index (χ3n) is 2.66. The minimum absolute atomic E-state index is 0.171. The van der Waals surface area contributed by atoms with Gasteiger partial charge in [-0.05, 0) is 23.6 Å². The molecular formula is C13H9ClFN3S. The second kappa shape index (κ2) is 4.68. The smallest absolute Gasteiger partial charge is 0.150 e. The van der Waals surface area contributed by atoms with Crippen molar-refractivity contribution < 1.29 is 4.39 Å². The zero-order valence-electron chi connectivity index (χ0n) is 9.68. The predicted molar refractivity (Wildman–Crippen MR) is 76.3 cm³/mol. The van der Waals surface area contributed by atoms with Gasteiger partial charge < -0.3 is 5.73 Å². The summed E-state index contributed by atoms with van der Waals surface area (Å²) < 4.78 is 15.2. The molecule has 0 aliphatic rings. The van der Waals surface area contributed by atoms with Crippen LogP contribution in [0.1, 0.15) is 0 Å². The van der Waals surface area contributed by atoms with E-state index in [1.807, 2.05) is 17.5 Å². The molecule has 2 aromatic heterocycles. The van der Waals surface area contributed by atoms with Crippen LogP contribution in [0, 0.1) is 5.82 Å². The molecule has 0 atom stereocenters. The molecule has 0 aliphatic carbocycles. The molecule has 0 saturated carbocycles. The number of para-hydroxylation sites is 1. The SMILES string of the molecule is Nc1cc(-c2cccs2)nn1-c1c(F)cccc1Cl. The van der Waals surface area contributed by atoms with Gasteiger partial charge in [0.2, 0.25) is 0 Å². The number of thiophene rings is 1. The monoisotopic (exact) mass is 293 g/mol. The van der Waals surface area contributed by atoms with E-state index in [2.05, 4.69) is 5.10 Å². The number of nitrogen functional groups attached to an aromatic ring is 1. The van der Waals surface area contributed by atoms with Crippen LogP contribution >= 0.6 is 22.9 Å². The van der Waals surface area contributed by atoms with E-state index >= 15 is 0 Å². The maximum Gasteiger partial charge on any atom is 0.150 e. The Morgan fingerprint density at radius 2 is 2.11 bits per heavy atom. The molecule has 0 aliphatic heterocycles. The lowest BCUT2D eigenvalue weighted by atomic mass is 10.3. The molecule has 2 heterocycles. The number of benzene rings is 1. The van der Waals surface area contributed by atoms with Crippen LogP contribution in [0.4, 0.5) is 10.2 Å². The second-order valence-electron chi connectivity index (χ2n) is 3.91. The Kier molecular flexibility index (Phi) is 3.00. The molecule has 0 fully saturated rings. The van der Waals surface area contributed by atoms with Gasteiger partial charge in [0.15, 0.2) is 0 Å². The number of aromatic nitrogens is 2. The molecule has 0 unspecified atom stereocenters. The number of nitrogens with two attached hydrogens (primary N) is 1. The number of hydrogen-bond acceptors (Lipinski definition) is 3. The van der Waals surface area contributed by atoms with Crippen molar-refractivity contribution in [2.24, 2.45) is 0 Å². The highest BCUT2D eigenvalue weighted by molar-refractivity contribution is 7.13. The van der Waals surface area contributed by atoms with Crippen molar-refractivity contribution in [3.8, 4) is 16.3 Å². The van der Waals surface area contributed by atoms with Crippen LogP contribution in [-0.4, -0.2) is 9.78 Å². The van der Waals surface area contributed by atoms with Gasteiger partial charge in [-0.1, -0.05) is 23.7 Å². The molecular weight excluding hydrogens is 285 g/mol. The van der Waals surface area contributed by atoms with Gasteiger partial charge in [-0.3, -0.25) is 0 Å². The summed E-state index contributed by atoms with van der Waals surface area (Å²) in [7, 11) is 0. The number of halogens is 2. The van der Waals surface area contributed by atoms with Gasteiger partial charge in [-0.15, -0.1) is 11.3 Å². The molecule has 0 bridgehead atoms. The summed E-state index contributed by atoms with van der Waals surface area (Å²) in [6.07, 6.45) is 0. The lowest BCUT2D eigenvalue weighted by Crippen LogP contribution is -2.04. The van der Waals surface area contributed by atoms with Crippen molar-refractivity contribution >= 4 is 28.8 Å². The van der Waals surface area contributed by atoms with Gasteiger partial charge >= 0.3 is 0 Å². The molecule has 0 amide bonds. The van der Waals surface area contributed by atoms with Crippen molar-refractivity contribution in [2.45, 2.75) is 0 Å². The number of anilines is 1. The largest absolute Gasteiger partial charge is 0.384 e. The van der Waals surface area contributed by atoms with Gasteiger partial charge in [-0.25, -0.2) is 9.07 Å². The number of rotatable bonds is 2. The first-order valence-corrected chi connectivity index (χ1v) is 6.76. The van der Waals surface area contributed by atoms with E-state index in [9.17, 15) is 4.39 Å². The first kappa shape index (κ1) is 12.2. The summed E-state index contributed by atoms with van der Waals surface area (Å²) >= 11 is 7.56. The first-order valence-electron chi connectivity index (χ1n) is 5.50. The Morgan fingerprint density at radius 3 is 2.79 bits per heavy atom. The number of nitrogens with zero attached hydrogens (tertiary/aromatic N) is 2. The van der Waals surface area contributed by atoms with Crippen molar-refractivity contribution in [1.82, 2.24) is 9.78 Å². The van der Waals surface area contributed by atoms with E-state index in [1.165, 1.54) is 10.7 Å². The highest BCUT2D eigenvalue weighted by Crippen LogP contribution is 2.30. The highest BCUT2D eigenvalue weighted by atomic mass is 35.5. The van der Waals surface area contributed by atoms with Crippen LogP contribution in [0.15, 0.2) is 41.8 Å². The molecule has 6 heteroatoms. The van der Waals surface area contributed by atoms with Crippen LogP contribution in [0.2, 0.25) is 5.02 Å². The maximum absolute atomic E-state index is 13.9. The van der Waals surface area contributed by atoms with E-state index in [1.54, 1.807) is 29.5 Å². The Hall–Kier alpha value is -1.85. The quantitative estimate of drug-likeness (QED) is 0.777. The van der Waals surface area contributed by atoms with Crippen LogP contribution in [-0.2, 0) is 0 Å². The fourth-order valence-electron chi connectivity index (χ4n) is 1.81. The Morgan fingerprint density at radius 1 is 1.26 bits per heavy atom. The molecule has 3 nitrogen and oxygen atoms in total. The second-order valence-corrected chi connectivity index (χ2v) is 5.27. The number of hydrogen-bond donors (Lipinski definition) is 1. The average molecular weight is 294 g/mol. The molecule has 3 rings (SSSR count). The molecule has 1 aromatic carbocycles. The van der Waals surface area contributed by atoms with E-state index in [-0.39, 0.29) is 10.7 Å². The van der Waals surface area contributed by atoms with E-state index in [0.29, 0.717) is 11.5 Å². The van der Waals surface area contributed by atoms with Crippen LogP contribution in [0.3, 0.4) is 0 Å². The predicted octanol–water partition coefficient (Wildman–Crippen LogP) is 3.98. The third kappa shape index (κ3) is 2.11. The zero-order chi connectivity index (χ0) is 13.4. The van der Waals surface area contributed by atoms with E-state index in [4.69, 9.17) is 17.3 Å². The Labute approximate surface area is 118 Å². The maximum atomic E-state index is 13.9. The summed E-state index contributed by atoms with van der Waals surface area (Å²) in [5, 5.41) is 6.54. The van der Waals surface area contributed by atoms with Gasteiger partial charge in [0.1, 0.15) is 23.0 Å². The lowest BCUT2D eigenvalue weighted by Gasteiger charge is -2.07. The van der Waals surface area contributed by atoms with Crippen molar-refractivity contribution in [3.05, 3.63) is 52.6 Å². The Bertz CT molecular complexity index is 701. The first-order chi connectivity index (χ1) is 9.16. The summed E-state index contributed by atoms with van der Waals surface area (Å²) in [4.78, 5) is 0.970. The molecule has 19 heavy (non-hydrogen) atoms. The van der Waals surface area contributed by atoms with Crippen molar-refractivity contribution in [3.63, 3.8) is 0 Å². The molecule has 96 valence electrons. The van der Waals surface area contributed by atoms with Gasteiger partial charge in [0.25, 0.3) is 0 Å². The third-order valence-corrected chi connectivity index (χ3v) is 3.86. The molecule has 0 spiro atoms. The van der Waals surface area contributed by atoms with Crippen molar-refractivity contribution in [1.29, 1.82) is 0 Å². The topological polar surface area (TPSA) is 43.8 Å². The molecule has 0 saturated heterocycles. The van der Waals surface area contributed by atoms with E-state index in [0.717, 1.165) is 4.88 Å². The molecule has 0 radical (unpaired) electrons. The zero-order valence-corrected chi connectivity index (χ0v) is 11.2. The summed E-state index contributed by atoms with van der Waals surface area (Å²) in [5.41, 5.74) is 6.77. The van der Waals surface area contributed by atoms with Crippen LogP contribution in [0.25, 0.3) is 16.3 Å². The highest BCUT2D eigenvalue weighted by Gasteiger charge is 2.15. The van der Waals surface area contributed by atoms with Crippen LogP contribution < -0.4 is 5.73 Å². The minimum Gasteiger partial charge on any atom is -0.384 e. The van der Waals surface area contributed by atoms with Gasteiger partial charge in [0.05, 0.1) is 9.90 Å². The Balaban J connectivity index is 2.17. The van der Waals surface area contributed by atoms with Crippen molar-refractivity contribution in [2.75, 3.05) is 5.73 Å². The standard InChI is InChI=1S/C13H9ClFN3S/c14-8-3-1-4-9(15)13(8)18-12(16)7-10(17-18)11-5-2-6-19-11/h1-7H,16H2. The lowest BCUT2D eigenvalue weighted by molar-refractivity contribution is 0.612. The fourth-order valence-corrected chi connectivity index (χ4v) is 2.74. The van der Waals surface area contributed by atoms with Gasteiger partial charge in [-0.2, -0.15) is 5.10 Å².